The van der Waals surface area contributed by atoms with Gasteiger partial charge in [0.25, 0.3) is 0 Å². The first kappa shape index (κ1) is 10.8. The van der Waals surface area contributed by atoms with Crippen LogP contribution in [0.3, 0.4) is 0 Å². The Balaban J connectivity index is 3.75. The average molecular weight is 201 g/mol. The van der Waals surface area contributed by atoms with Crippen molar-refractivity contribution in [1.82, 2.24) is 0 Å². The molecule has 0 bridgehead atoms. The summed E-state index contributed by atoms with van der Waals surface area (Å²) in [6.07, 6.45) is -0.239. The van der Waals surface area contributed by atoms with Crippen LogP contribution in [0.4, 0.5) is 0 Å². The second-order valence-electron chi connectivity index (χ2n) is 1.97. The zero-order valence-corrected chi connectivity index (χ0v) is 9.00. The van der Waals surface area contributed by atoms with E-state index in [1.54, 1.807) is 0 Å². The number of hydrogen-bond acceptors (Lipinski definition) is 2. The quantitative estimate of drug-likeness (QED) is 0.389. The Labute approximate surface area is 85.5 Å². The van der Waals surface area contributed by atoms with Gasteiger partial charge < -0.3 is 0 Å². The van der Waals surface area contributed by atoms with Crippen LogP contribution in [-0.2, 0) is 0 Å². The summed E-state index contributed by atoms with van der Waals surface area (Å²) < 4.78 is -1.06. The van der Waals surface area contributed by atoms with Crippen molar-refractivity contribution < 1.29 is 10.2 Å². The Morgan fingerprint density at radius 2 is 1.56 bits per heavy atom. The second-order valence-corrected chi connectivity index (χ2v) is 7.41. The maximum absolute atomic E-state index is 8.53. The average Bonchev–Trinajstić information content (AvgIpc) is 1.14. The van der Waals surface area contributed by atoms with E-state index in [1.807, 2.05) is 0 Å². The number of halogens is 3. The van der Waals surface area contributed by atoms with E-state index in [0.29, 0.717) is 27.9 Å². The van der Waals surface area contributed by atoms with Crippen LogP contribution >= 0.6 is 34.8 Å². The van der Waals surface area contributed by atoms with Gasteiger partial charge in [0.2, 0.25) is 0 Å². The Morgan fingerprint density at radius 3 is 1.56 bits per heavy atom. The van der Waals surface area contributed by atoms with Crippen LogP contribution in [0.2, 0.25) is 0 Å². The maximum atomic E-state index is 8.53. The van der Waals surface area contributed by atoms with E-state index in [1.165, 1.54) is 0 Å². The van der Waals surface area contributed by atoms with Crippen molar-refractivity contribution in [2.45, 2.75) is 13.2 Å². The first-order valence-corrected chi connectivity index (χ1v) is 4.36. The Bertz CT molecular complexity index is 82.2. The standard InChI is InChI=1S/C3H4Cl3O2.Na/c4-2(5)1-3(6,7)8;/h7-8H,1H2;. The molecular weight excluding hydrogens is 197 g/mol. The van der Waals surface area contributed by atoms with Gasteiger partial charge in [0.1, 0.15) is 0 Å². The third-order valence-corrected chi connectivity index (χ3v) is 1.29. The van der Waals surface area contributed by atoms with E-state index >= 15 is 0 Å². The van der Waals surface area contributed by atoms with Crippen molar-refractivity contribution >= 4 is 62.7 Å². The van der Waals surface area contributed by atoms with Crippen LogP contribution in [0, 0.1) is 0 Å². The number of hydrogen-bond donors (Lipinski definition) is 2. The molecule has 0 aliphatic carbocycles. The third kappa shape index (κ3) is 9.79. The molecule has 9 heavy (non-hydrogen) atoms. The molecule has 0 atom stereocenters. The van der Waals surface area contributed by atoms with Crippen molar-refractivity contribution in [2.24, 2.45) is 0 Å². The minimum absolute atomic E-state index is 0.239. The molecule has 0 saturated heterocycles. The molecule has 0 aromatic rings. The van der Waals surface area contributed by atoms with Gasteiger partial charge in [-0.05, 0) is 0 Å². The van der Waals surface area contributed by atoms with E-state index < -0.39 is 6.83 Å². The molecule has 0 aromatic carbocycles. The van der Waals surface area contributed by atoms with Gasteiger partial charge >= 0.3 is 86.2 Å². The van der Waals surface area contributed by atoms with Crippen LogP contribution in [0.1, 0.15) is 6.42 Å². The topological polar surface area (TPSA) is 40.5 Å². The third-order valence-electron chi connectivity index (χ3n) is 0.535. The van der Waals surface area contributed by atoms with E-state index in [4.69, 9.17) is 45.0 Å². The van der Waals surface area contributed by atoms with Gasteiger partial charge in [-0.2, -0.15) is 0 Å². The van der Waals surface area contributed by atoms with Gasteiger partial charge in [-0.3, -0.25) is 0 Å². The summed E-state index contributed by atoms with van der Waals surface area (Å²) in [5.74, 6) is 0. The predicted molar refractivity (Wildman–Crippen MR) is 37.8 cm³/mol. The second kappa shape index (κ2) is 3.46. The van der Waals surface area contributed by atoms with Gasteiger partial charge in [0.15, 0.2) is 0 Å². The Morgan fingerprint density at radius 1 is 1.22 bits per heavy atom. The van der Waals surface area contributed by atoms with Crippen LogP contribution < -0.4 is 0 Å². The van der Waals surface area contributed by atoms with Crippen LogP contribution in [-0.4, -0.2) is 45.0 Å². The zero-order chi connectivity index (χ0) is 7.71. The molecule has 0 amide bonds. The molecule has 0 unspecified atom stereocenters. The fourth-order valence-electron chi connectivity index (χ4n) is 0.395. The molecular formula is C3H4Cl3NaO2. The van der Waals surface area contributed by atoms with Crippen molar-refractivity contribution in [2.75, 3.05) is 0 Å². The number of alkyl halides is 3. The molecule has 0 spiro atoms. The molecule has 0 aromatic heterocycles. The number of aliphatic hydroxyl groups is 2. The van der Waals surface area contributed by atoms with Crippen LogP contribution in [0.15, 0.2) is 0 Å². The molecule has 0 rings (SSSR count). The van der Waals surface area contributed by atoms with Crippen molar-refractivity contribution in [3.63, 3.8) is 0 Å². The summed E-state index contributed by atoms with van der Waals surface area (Å²) in [5.41, 5.74) is 0. The molecule has 0 heterocycles. The first-order valence-electron chi connectivity index (χ1n) is 2.22. The molecule has 2 nitrogen and oxygen atoms in total. The van der Waals surface area contributed by atoms with Gasteiger partial charge in [-0.1, -0.05) is 0 Å². The van der Waals surface area contributed by atoms with Crippen LogP contribution in [0.5, 0.6) is 0 Å². The molecule has 6 heteroatoms. The van der Waals surface area contributed by atoms with Crippen molar-refractivity contribution in [1.29, 1.82) is 0 Å². The minimum atomic E-state index is -2.27. The summed E-state index contributed by atoms with van der Waals surface area (Å²) >= 11 is 16.3. The molecule has 0 aliphatic rings. The normalized spacial score (nSPS) is 14.1. The fraction of sp³-hybridized carbons (Fsp3) is 1.00. The van der Waals surface area contributed by atoms with E-state index in [9.17, 15) is 0 Å². The van der Waals surface area contributed by atoms with E-state index in [0.717, 1.165) is 0 Å². The molecule has 0 fully saturated rings. The molecule has 0 radical (unpaired) electrons. The zero-order valence-electron chi connectivity index (χ0n) is 4.74. The molecule has 50 valence electrons. The Kier molecular flexibility index (Phi) is 4.15. The van der Waals surface area contributed by atoms with Gasteiger partial charge in [-0.15, -0.1) is 0 Å². The van der Waals surface area contributed by atoms with Crippen molar-refractivity contribution in [3.8, 4) is 0 Å². The monoisotopic (exact) mass is 200 g/mol. The summed E-state index contributed by atoms with van der Waals surface area (Å²) in [4.78, 5) is 0. The van der Waals surface area contributed by atoms with Gasteiger partial charge in [0.05, 0.1) is 0 Å². The first-order chi connectivity index (χ1) is 3.71. The summed E-state index contributed by atoms with van der Waals surface area (Å²) in [7, 11) is 0. The molecule has 0 aliphatic heterocycles. The van der Waals surface area contributed by atoms with Crippen LogP contribution in [0.25, 0.3) is 0 Å². The number of rotatable bonds is 2. The predicted octanol–water partition coefficient (Wildman–Crippen LogP) is 0.554. The van der Waals surface area contributed by atoms with Crippen molar-refractivity contribution in [3.05, 3.63) is 0 Å². The summed E-state index contributed by atoms with van der Waals surface area (Å²) in [5, 5.41) is 14.8. The van der Waals surface area contributed by atoms with E-state index in [-0.39, 0.29) is 6.42 Å². The van der Waals surface area contributed by atoms with Gasteiger partial charge in [-0.25, -0.2) is 0 Å². The van der Waals surface area contributed by atoms with Gasteiger partial charge in [0, 0.05) is 0 Å². The Hall–Kier alpha value is 1.79. The SMILES string of the molecule is OC(O)(Cl)C[C]([Na])(Cl)Cl. The molecule has 0 saturated carbocycles. The van der Waals surface area contributed by atoms with E-state index in [2.05, 4.69) is 0 Å². The summed E-state index contributed by atoms with van der Waals surface area (Å²) in [6, 6.07) is 0. The fourth-order valence-corrected chi connectivity index (χ4v) is 1.89. The molecule has 2 N–H and O–H groups in total. The summed E-state index contributed by atoms with van der Waals surface area (Å²) in [6.45, 7) is 0.